The number of rotatable bonds is 4. The van der Waals surface area contributed by atoms with Crippen LogP contribution in [0.5, 0.6) is 11.5 Å². The molecule has 0 heterocycles. The Balaban J connectivity index is 2.47. The lowest BCUT2D eigenvalue weighted by Gasteiger charge is -2.10. The van der Waals surface area contributed by atoms with Crippen molar-refractivity contribution in [3.05, 3.63) is 62.7 Å². The molecule has 2 aromatic carbocycles. The average Bonchev–Trinajstić information content (AvgIpc) is 2.47. The van der Waals surface area contributed by atoms with E-state index in [0.29, 0.717) is 10.6 Å². The highest BCUT2D eigenvalue weighted by atomic mass is 35.5. The predicted molar refractivity (Wildman–Crippen MR) is 75.3 cm³/mol. The first-order valence-corrected chi connectivity index (χ1v) is 6.18. The Morgan fingerprint density at radius 1 is 1.29 bits per heavy atom. The van der Waals surface area contributed by atoms with E-state index in [2.05, 4.69) is 0 Å². The molecule has 106 valence electrons. The molecule has 6 nitrogen and oxygen atoms in total. The Kier molecular flexibility index (Phi) is 4.38. The van der Waals surface area contributed by atoms with Crippen LogP contribution >= 0.6 is 11.6 Å². The first kappa shape index (κ1) is 14.8. The Morgan fingerprint density at radius 3 is 2.67 bits per heavy atom. The van der Waals surface area contributed by atoms with Gasteiger partial charge >= 0.3 is 5.69 Å². The highest BCUT2D eigenvalue weighted by Gasteiger charge is 2.18. The first-order valence-electron chi connectivity index (χ1n) is 5.81. The molecule has 0 radical (unpaired) electrons. The molecule has 0 aromatic heterocycles. The summed E-state index contributed by atoms with van der Waals surface area (Å²) in [6.45, 7) is -0.295. The van der Waals surface area contributed by atoms with Gasteiger partial charge in [-0.05, 0) is 24.3 Å². The zero-order chi connectivity index (χ0) is 15.4. The second kappa shape index (κ2) is 6.22. The molecule has 0 saturated heterocycles. The maximum absolute atomic E-state index is 11.0. The third-order valence-electron chi connectivity index (χ3n) is 2.70. The van der Waals surface area contributed by atoms with Crippen molar-refractivity contribution in [1.82, 2.24) is 0 Å². The number of aliphatic hydroxyl groups is 1. The molecule has 0 spiro atoms. The van der Waals surface area contributed by atoms with Gasteiger partial charge in [-0.2, -0.15) is 5.26 Å². The zero-order valence-electron chi connectivity index (χ0n) is 10.6. The zero-order valence-corrected chi connectivity index (χ0v) is 11.4. The Bertz CT molecular complexity index is 740. The number of nitrogens with zero attached hydrogens (tertiary/aromatic N) is 2. The van der Waals surface area contributed by atoms with Gasteiger partial charge in [-0.15, -0.1) is 0 Å². The van der Waals surface area contributed by atoms with Crippen molar-refractivity contribution in [2.45, 2.75) is 6.61 Å². The lowest BCUT2D eigenvalue weighted by Crippen LogP contribution is -1.96. The van der Waals surface area contributed by atoms with Gasteiger partial charge in [0, 0.05) is 16.7 Å². The van der Waals surface area contributed by atoms with E-state index in [1.54, 1.807) is 12.1 Å². The summed E-state index contributed by atoms with van der Waals surface area (Å²) >= 11 is 5.85. The van der Waals surface area contributed by atoms with Crippen molar-refractivity contribution in [2.75, 3.05) is 0 Å². The van der Waals surface area contributed by atoms with E-state index >= 15 is 0 Å². The largest absolute Gasteiger partial charge is 0.450 e. The molecule has 0 amide bonds. The van der Waals surface area contributed by atoms with Crippen molar-refractivity contribution in [3.63, 3.8) is 0 Å². The van der Waals surface area contributed by atoms with Gasteiger partial charge in [0.25, 0.3) is 0 Å². The number of ether oxygens (including phenoxy) is 1. The van der Waals surface area contributed by atoms with Gasteiger partial charge < -0.3 is 9.84 Å². The van der Waals surface area contributed by atoms with Gasteiger partial charge in [0.1, 0.15) is 5.75 Å². The molecule has 0 unspecified atom stereocenters. The summed E-state index contributed by atoms with van der Waals surface area (Å²) in [6, 6.07) is 10.3. The second-order valence-electron chi connectivity index (χ2n) is 4.06. The number of aliphatic hydroxyl groups excluding tert-OH is 1. The van der Waals surface area contributed by atoms with Crippen LogP contribution in [-0.2, 0) is 6.61 Å². The van der Waals surface area contributed by atoms with Crippen molar-refractivity contribution in [2.24, 2.45) is 0 Å². The van der Waals surface area contributed by atoms with Gasteiger partial charge in [0.15, 0.2) is 0 Å². The fourth-order valence-corrected chi connectivity index (χ4v) is 1.85. The standard InChI is InChI=1S/C14H9ClN2O4/c15-11-3-2-10(8-18)14(6-11)21-13-4-1-9(7-16)5-12(13)17(19)20/h1-6,18H,8H2. The van der Waals surface area contributed by atoms with Gasteiger partial charge in [-0.25, -0.2) is 0 Å². The molecule has 7 heteroatoms. The third kappa shape index (κ3) is 3.28. The molecule has 2 aromatic rings. The molecule has 0 bridgehead atoms. The van der Waals surface area contributed by atoms with Crippen molar-refractivity contribution in [3.8, 4) is 17.6 Å². The number of benzene rings is 2. The molecule has 1 N–H and O–H groups in total. The summed E-state index contributed by atoms with van der Waals surface area (Å²) in [7, 11) is 0. The predicted octanol–water partition coefficient (Wildman–Crippen LogP) is 3.40. The van der Waals surface area contributed by atoms with E-state index in [-0.39, 0.29) is 29.4 Å². The molecule has 0 aliphatic heterocycles. The average molecular weight is 305 g/mol. The molecule has 0 fully saturated rings. The fourth-order valence-electron chi connectivity index (χ4n) is 1.69. The highest BCUT2D eigenvalue weighted by Crippen LogP contribution is 2.34. The Labute approximate surface area is 124 Å². The smallest absolute Gasteiger partial charge is 0.312 e. The summed E-state index contributed by atoms with van der Waals surface area (Å²) < 4.78 is 5.48. The molecular formula is C14H9ClN2O4. The summed E-state index contributed by atoms with van der Waals surface area (Å²) in [5.74, 6) is 0.189. The number of nitriles is 1. The van der Waals surface area contributed by atoms with Crippen LogP contribution in [-0.4, -0.2) is 10.0 Å². The Hall–Kier alpha value is -2.62. The lowest BCUT2D eigenvalue weighted by atomic mass is 10.2. The minimum absolute atomic E-state index is 0.0315. The van der Waals surface area contributed by atoms with Crippen LogP contribution in [0.2, 0.25) is 5.02 Å². The second-order valence-corrected chi connectivity index (χ2v) is 4.50. The number of halogens is 1. The van der Waals surface area contributed by atoms with Gasteiger partial charge in [-0.3, -0.25) is 10.1 Å². The van der Waals surface area contributed by atoms with E-state index < -0.39 is 4.92 Å². The maximum atomic E-state index is 11.0. The number of nitro groups is 1. The topological polar surface area (TPSA) is 96.4 Å². The fraction of sp³-hybridized carbons (Fsp3) is 0.0714. The van der Waals surface area contributed by atoms with Crippen molar-refractivity contribution < 1.29 is 14.8 Å². The van der Waals surface area contributed by atoms with Crippen LogP contribution in [0.1, 0.15) is 11.1 Å². The van der Waals surface area contributed by atoms with Crippen LogP contribution in [0, 0.1) is 21.4 Å². The summed E-state index contributed by atoms with van der Waals surface area (Å²) in [6.07, 6.45) is 0. The minimum Gasteiger partial charge on any atom is -0.450 e. The molecule has 0 saturated carbocycles. The molecule has 0 aliphatic carbocycles. The van der Waals surface area contributed by atoms with Crippen LogP contribution in [0.15, 0.2) is 36.4 Å². The number of nitro benzene ring substituents is 1. The normalized spacial score (nSPS) is 9.95. The first-order chi connectivity index (χ1) is 10.0. The molecule has 0 atom stereocenters. The lowest BCUT2D eigenvalue weighted by molar-refractivity contribution is -0.385. The third-order valence-corrected chi connectivity index (χ3v) is 2.94. The molecule has 0 aliphatic rings. The Morgan fingerprint density at radius 2 is 2.05 bits per heavy atom. The van der Waals surface area contributed by atoms with Crippen LogP contribution in [0.25, 0.3) is 0 Å². The van der Waals surface area contributed by atoms with Gasteiger partial charge in [0.05, 0.1) is 23.2 Å². The summed E-state index contributed by atoms with van der Waals surface area (Å²) in [4.78, 5) is 10.4. The van der Waals surface area contributed by atoms with Crippen LogP contribution < -0.4 is 4.74 Å². The minimum atomic E-state index is -0.640. The van der Waals surface area contributed by atoms with Gasteiger partial charge in [0.2, 0.25) is 5.75 Å². The van der Waals surface area contributed by atoms with Gasteiger partial charge in [-0.1, -0.05) is 17.7 Å². The molecule has 2 rings (SSSR count). The summed E-state index contributed by atoms with van der Waals surface area (Å²) in [5.41, 5.74) is 0.262. The highest BCUT2D eigenvalue weighted by molar-refractivity contribution is 6.30. The van der Waals surface area contributed by atoms with E-state index in [9.17, 15) is 15.2 Å². The quantitative estimate of drug-likeness (QED) is 0.689. The van der Waals surface area contributed by atoms with E-state index in [4.69, 9.17) is 21.6 Å². The molecular weight excluding hydrogens is 296 g/mol. The van der Waals surface area contributed by atoms with Crippen molar-refractivity contribution in [1.29, 1.82) is 5.26 Å². The number of hydrogen-bond acceptors (Lipinski definition) is 5. The van der Waals surface area contributed by atoms with E-state index in [1.807, 2.05) is 6.07 Å². The SMILES string of the molecule is N#Cc1ccc(Oc2cc(Cl)ccc2CO)c([N+](=O)[O-])c1. The van der Waals surface area contributed by atoms with Crippen molar-refractivity contribution >= 4 is 17.3 Å². The summed E-state index contributed by atoms with van der Waals surface area (Å²) in [5, 5.41) is 29.4. The molecule has 21 heavy (non-hydrogen) atoms. The maximum Gasteiger partial charge on any atom is 0.312 e. The monoisotopic (exact) mass is 304 g/mol. The van der Waals surface area contributed by atoms with Crippen LogP contribution in [0.3, 0.4) is 0 Å². The van der Waals surface area contributed by atoms with E-state index in [1.165, 1.54) is 18.2 Å². The van der Waals surface area contributed by atoms with E-state index in [0.717, 1.165) is 6.07 Å². The van der Waals surface area contributed by atoms with Crippen LogP contribution in [0.4, 0.5) is 5.69 Å². The number of hydrogen-bond donors (Lipinski definition) is 1.